The van der Waals surface area contributed by atoms with E-state index in [1.807, 2.05) is 17.1 Å². The third-order valence-corrected chi connectivity index (χ3v) is 5.21. The number of nitrogens with zero attached hydrogens (tertiary/aromatic N) is 2. The van der Waals surface area contributed by atoms with E-state index in [1.165, 1.54) is 36.0 Å². The van der Waals surface area contributed by atoms with Crippen molar-refractivity contribution >= 4 is 5.91 Å². The van der Waals surface area contributed by atoms with Crippen LogP contribution in [0, 0.1) is 0 Å². The van der Waals surface area contributed by atoms with Gasteiger partial charge in [-0.2, -0.15) is 0 Å². The van der Waals surface area contributed by atoms with Crippen molar-refractivity contribution in [2.45, 2.75) is 45.2 Å². The molecule has 1 aliphatic rings. The predicted octanol–water partition coefficient (Wildman–Crippen LogP) is 3.67. The summed E-state index contributed by atoms with van der Waals surface area (Å²) in [6, 6.07) is 14.9. The number of amides is 1. The lowest BCUT2D eigenvalue weighted by molar-refractivity contribution is -0.120. The summed E-state index contributed by atoms with van der Waals surface area (Å²) in [6.45, 7) is 1.38. The van der Waals surface area contributed by atoms with Crippen molar-refractivity contribution in [2.24, 2.45) is 0 Å². The van der Waals surface area contributed by atoms with E-state index in [0.717, 1.165) is 24.1 Å². The molecule has 1 heterocycles. The normalized spacial score (nSPS) is 13.2. The molecule has 138 valence electrons. The Hall–Kier alpha value is -2.88. The number of rotatable bonds is 6. The van der Waals surface area contributed by atoms with Gasteiger partial charge < -0.3 is 9.88 Å². The zero-order valence-corrected chi connectivity index (χ0v) is 15.5. The third kappa shape index (κ3) is 4.64. The molecule has 0 fully saturated rings. The van der Waals surface area contributed by atoms with Crippen LogP contribution >= 0.6 is 0 Å². The van der Waals surface area contributed by atoms with Crippen LogP contribution in [0.5, 0.6) is 0 Å². The smallest absolute Gasteiger partial charge is 0.224 e. The van der Waals surface area contributed by atoms with Crippen LogP contribution < -0.4 is 5.32 Å². The van der Waals surface area contributed by atoms with Crippen molar-refractivity contribution in [2.75, 3.05) is 0 Å². The van der Waals surface area contributed by atoms with Crippen molar-refractivity contribution in [3.8, 4) is 0 Å². The largest absolute Gasteiger partial charge is 0.352 e. The van der Waals surface area contributed by atoms with Crippen LogP contribution in [0.4, 0.5) is 0 Å². The van der Waals surface area contributed by atoms with Gasteiger partial charge in [-0.15, -0.1) is 0 Å². The maximum Gasteiger partial charge on any atom is 0.224 e. The van der Waals surface area contributed by atoms with E-state index >= 15 is 0 Å². The maximum atomic E-state index is 12.3. The fraction of sp³-hybridized carbons (Fsp3) is 0.304. The molecule has 1 aliphatic carbocycles. The first kappa shape index (κ1) is 17.5. The van der Waals surface area contributed by atoms with Gasteiger partial charge >= 0.3 is 0 Å². The third-order valence-electron chi connectivity index (χ3n) is 5.21. The highest BCUT2D eigenvalue weighted by molar-refractivity contribution is 5.78. The Balaban J connectivity index is 1.29. The molecule has 4 rings (SSSR count). The lowest BCUT2D eigenvalue weighted by Crippen LogP contribution is -2.24. The predicted molar refractivity (Wildman–Crippen MR) is 106 cm³/mol. The van der Waals surface area contributed by atoms with Crippen molar-refractivity contribution < 1.29 is 4.79 Å². The standard InChI is InChI=1S/C23H25N3O/c27-23(14-20-9-10-21-3-1-2-4-22(21)13-20)25-15-18-5-7-19(8-6-18)16-26-12-11-24-17-26/h5-13,17H,1-4,14-16H2,(H,25,27). The van der Waals surface area contributed by atoms with Crippen LogP contribution in [0.3, 0.4) is 0 Å². The number of aromatic nitrogens is 2. The first-order chi connectivity index (χ1) is 13.3. The number of aryl methyl sites for hydroxylation is 2. The van der Waals surface area contributed by atoms with Gasteiger partial charge in [0.2, 0.25) is 5.91 Å². The quantitative estimate of drug-likeness (QED) is 0.730. The number of imidazole rings is 1. The Kier molecular flexibility index (Phi) is 5.33. The van der Waals surface area contributed by atoms with E-state index in [1.54, 1.807) is 6.20 Å². The summed E-state index contributed by atoms with van der Waals surface area (Å²) in [7, 11) is 0. The Labute approximate surface area is 160 Å². The van der Waals surface area contributed by atoms with E-state index < -0.39 is 0 Å². The number of carbonyl (C=O) groups excluding carboxylic acids is 1. The highest BCUT2D eigenvalue weighted by Gasteiger charge is 2.11. The SMILES string of the molecule is O=C(Cc1ccc2c(c1)CCCC2)NCc1ccc(Cn2ccnc2)cc1. The zero-order chi connectivity index (χ0) is 18.5. The van der Waals surface area contributed by atoms with Gasteiger partial charge in [-0.1, -0.05) is 42.5 Å². The van der Waals surface area contributed by atoms with Crippen molar-refractivity contribution in [3.05, 3.63) is 89.0 Å². The molecule has 0 unspecified atom stereocenters. The summed E-state index contributed by atoms with van der Waals surface area (Å²) in [5.74, 6) is 0.0771. The van der Waals surface area contributed by atoms with Crippen LogP contribution in [-0.4, -0.2) is 15.5 Å². The number of hydrogen-bond acceptors (Lipinski definition) is 2. The van der Waals surface area contributed by atoms with Crippen LogP contribution in [0.1, 0.15) is 40.7 Å². The molecule has 0 bridgehead atoms. The number of carbonyl (C=O) groups is 1. The Morgan fingerprint density at radius 1 is 0.963 bits per heavy atom. The van der Waals surface area contributed by atoms with Gasteiger partial charge in [0.05, 0.1) is 12.7 Å². The molecule has 1 aromatic heterocycles. The van der Waals surface area contributed by atoms with Crippen LogP contribution in [-0.2, 0) is 37.1 Å². The molecule has 0 atom stereocenters. The van der Waals surface area contributed by atoms with Crippen LogP contribution in [0.25, 0.3) is 0 Å². The van der Waals surface area contributed by atoms with Gasteiger partial charge in [0.25, 0.3) is 0 Å². The van der Waals surface area contributed by atoms with Crippen molar-refractivity contribution in [1.29, 1.82) is 0 Å². The lowest BCUT2D eigenvalue weighted by atomic mass is 9.90. The topological polar surface area (TPSA) is 46.9 Å². The molecule has 1 amide bonds. The molecule has 3 aromatic rings. The van der Waals surface area contributed by atoms with Crippen LogP contribution in [0.15, 0.2) is 61.2 Å². The minimum atomic E-state index is 0.0771. The van der Waals surface area contributed by atoms with Gasteiger partial charge in [0.15, 0.2) is 0 Å². The average Bonchev–Trinajstić information content (AvgIpc) is 3.20. The molecule has 0 saturated carbocycles. The second kappa shape index (κ2) is 8.21. The van der Waals surface area contributed by atoms with E-state index in [2.05, 4.69) is 52.8 Å². The fourth-order valence-corrected chi connectivity index (χ4v) is 3.70. The van der Waals surface area contributed by atoms with Crippen LogP contribution in [0.2, 0.25) is 0 Å². The van der Waals surface area contributed by atoms with Gasteiger partial charge in [-0.3, -0.25) is 4.79 Å². The van der Waals surface area contributed by atoms with E-state index in [-0.39, 0.29) is 5.91 Å². The summed E-state index contributed by atoms with van der Waals surface area (Å²) < 4.78 is 2.04. The zero-order valence-electron chi connectivity index (χ0n) is 15.5. The minimum Gasteiger partial charge on any atom is -0.352 e. The fourth-order valence-electron chi connectivity index (χ4n) is 3.70. The molecule has 4 heteroatoms. The molecule has 0 saturated heterocycles. The van der Waals surface area contributed by atoms with Gasteiger partial charge in [-0.05, 0) is 53.5 Å². The first-order valence-corrected chi connectivity index (χ1v) is 9.67. The molecule has 1 N–H and O–H groups in total. The van der Waals surface area contributed by atoms with Gasteiger partial charge in [-0.25, -0.2) is 4.98 Å². The number of nitrogens with one attached hydrogen (secondary N) is 1. The molecular formula is C23H25N3O. The lowest BCUT2D eigenvalue weighted by Gasteiger charge is -2.16. The van der Waals surface area contributed by atoms with Gasteiger partial charge in [0, 0.05) is 25.5 Å². The monoisotopic (exact) mass is 359 g/mol. The van der Waals surface area contributed by atoms with Crippen molar-refractivity contribution in [3.63, 3.8) is 0 Å². The highest BCUT2D eigenvalue weighted by Crippen LogP contribution is 2.22. The summed E-state index contributed by atoms with van der Waals surface area (Å²) >= 11 is 0. The molecule has 4 nitrogen and oxygen atoms in total. The number of hydrogen-bond donors (Lipinski definition) is 1. The first-order valence-electron chi connectivity index (χ1n) is 9.67. The molecular weight excluding hydrogens is 334 g/mol. The highest BCUT2D eigenvalue weighted by atomic mass is 16.1. The summed E-state index contributed by atoms with van der Waals surface area (Å²) in [5, 5.41) is 3.04. The van der Waals surface area contributed by atoms with E-state index in [4.69, 9.17) is 0 Å². The summed E-state index contributed by atoms with van der Waals surface area (Å²) in [5.41, 5.74) is 6.34. The Morgan fingerprint density at radius 3 is 2.48 bits per heavy atom. The molecule has 0 aliphatic heterocycles. The Morgan fingerprint density at radius 2 is 1.70 bits per heavy atom. The number of fused-ring (bicyclic) bond motifs is 1. The number of benzene rings is 2. The van der Waals surface area contributed by atoms with Crippen molar-refractivity contribution in [1.82, 2.24) is 14.9 Å². The summed E-state index contributed by atoms with van der Waals surface area (Å²) in [4.78, 5) is 16.4. The maximum absolute atomic E-state index is 12.3. The Bertz CT molecular complexity index is 898. The van der Waals surface area contributed by atoms with E-state index in [9.17, 15) is 4.79 Å². The van der Waals surface area contributed by atoms with Gasteiger partial charge in [0.1, 0.15) is 0 Å². The second-order valence-corrected chi connectivity index (χ2v) is 7.32. The minimum absolute atomic E-state index is 0.0771. The molecule has 27 heavy (non-hydrogen) atoms. The molecule has 0 radical (unpaired) electrons. The molecule has 2 aromatic carbocycles. The summed E-state index contributed by atoms with van der Waals surface area (Å²) in [6.07, 6.45) is 10.9. The van der Waals surface area contributed by atoms with E-state index in [0.29, 0.717) is 13.0 Å². The molecule has 0 spiro atoms. The second-order valence-electron chi connectivity index (χ2n) is 7.32. The average molecular weight is 359 g/mol.